The van der Waals surface area contributed by atoms with E-state index >= 15 is 0 Å². The average Bonchev–Trinajstić information content (AvgIpc) is 2.34. The molecule has 72 valence electrons. The van der Waals surface area contributed by atoms with Gasteiger partial charge in [0.2, 0.25) is 0 Å². The Morgan fingerprint density at radius 3 is 2.54 bits per heavy atom. The van der Waals surface area contributed by atoms with Gasteiger partial charge in [0, 0.05) is 11.1 Å². The molecular formula is C12H19N. The minimum atomic E-state index is 0.152. The normalized spacial score (nSPS) is 24.2. The Labute approximate surface area is 81.3 Å². The van der Waals surface area contributed by atoms with Gasteiger partial charge in [0.25, 0.3) is 0 Å². The van der Waals surface area contributed by atoms with E-state index in [-0.39, 0.29) is 5.41 Å². The molecule has 0 saturated carbocycles. The van der Waals surface area contributed by atoms with E-state index < -0.39 is 0 Å². The molecule has 0 aromatic heterocycles. The molecule has 1 nitrogen and oxygen atoms in total. The standard InChI is InChI=1S/C12H19N/c1-6-10(7-2)11-8-13-9(3)12(11,4)5/h6H,1,7-8H2,2-5H3/b11-10+. The van der Waals surface area contributed by atoms with E-state index in [4.69, 9.17) is 0 Å². The molecule has 13 heavy (non-hydrogen) atoms. The van der Waals surface area contributed by atoms with Gasteiger partial charge in [-0.2, -0.15) is 0 Å². The fourth-order valence-electron chi connectivity index (χ4n) is 1.80. The van der Waals surface area contributed by atoms with Crippen molar-refractivity contribution < 1.29 is 0 Å². The van der Waals surface area contributed by atoms with Crippen molar-refractivity contribution in [2.24, 2.45) is 10.4 Å². The largest absolute Gasteiger partial charge is 0.289 e. The quantitative estimate of drug-likeness (QED) is 0.613. The number of nitrogens with zero attached hydrogens (tertiary/aromatic N) is 1. The minimum Gasteiger partial charge on any atom is -0.289 e. The first-order valence-electron chi connectivity index (χ1n) is 4.90. The monoisotopic (exact) mass is 177 g/mol. The van der Waals surface area contributed by atoms with Crippen LogP contribution in [0.3, 0.4) is 0 Å². The van der Waals surface area contributed by atoms with E-state index in [2.05, 4.69) is 39.3 Å². The van der Waals surface area contributed by atoms with Crippen LogP contribution in [0.5, 0.6) is 0 Å². The van der Waals surface area contributed by atoms with Gasteiger partial charge in [0.15, 0.2) is 0 Å². The Morgan fingerprint density at radius 1 is 1.62 bits per heavy atom. The molecule has 0 aromatic carbocycles. The highest BCUT2D eigenvalue weighted by molar-refractivity contribution is 5.93. The summed E-state index contributed by atoms with van der Waals surface area (Å²) in [6.45, 7) is 13.5. The second kappa shape index (κ2) is 3.49. The van der Waals surface area contributed by atoms with Crippen LogP contribution in [0.1, 0.15) is 34.1 Å². The summed E-state index contributed by atoms with van der Waals surface area (Å²) in [5.74, 6) is 0. The summed E-state index contributed by atoms with van der Waals surface area (Å²) in [5.41, 5.74) is 4.21. The van der Waals surface area contributed by atoms with Crippen LogP contribution in [0.2, 0.25) is 0 Å². The number of aliphatic imine (C=N–C) groups is 1. The SMILES string of the molecule is C=C/C(CC)=C1/CN=C(C)C1(C)C. The topological polar surface area (TPSA) is 12.4 Å². The summed E-state index contributed by atoms with van der Waals surface area (Å²) >= 11 is 0. The summed E-state index contributed by atoms with van der Waals surface area (Å²) in [5, 5.41) is 0. The van der Waals surface area contributed by atoms with Crippen LogP contribution in [0.15, 0.2) is 28.8 Å². The Kier molecular flexibility index (Phi) is 2.74. The molecule has 1 heterocycles. The van der Waals surface area contributed by atoms with E-state index in [0.29, 0.717) is 0 Å². The maximum atomic E-state index is 4.50. The maximum Gasteiger partial charge on any atom is 0.0613 e. The van der Waals surface area contributed by atoms with Crippen molar-refractivity contribution in [1.82, 2.24) is 0 Å². The molecule has 0 radical (unpaired) electrons. The summed E-state index contributed by atoms with van der Waals surface area (Å²) in [6, 6.07) is 0. The minimum absolute atomic E-state index is 0.152. The first-order chi connectivity index (χ1) is 6.04. The van der Waals surface area contributed by atoms with Gasteiger partial charge < -0.3 is 0 Å². The van der Waals surface area contributed by atoms with Crippen LogP contribution in [0.25, 0.3) is 0 Å². The summed E-state index contributed by atoms with van der Waals surface area (Å²) < 4.78 is 0. The van der Waals surface area contributed by atoms with Gasteiger partial charge in [-0.05, 0) is 24.5 Å². The molecule has 0 atom stereocenters. The summed E-state index contributed by atoms with van der Waals surface area (Å²) in [7, 11) is 0. The predicted molar refractivity (Wildman–Crippen MR) is 59.3 cm³/mol. The van der Waals surface area contributed by atoms with Gasteiger partial charge in [0.05, 0.1) is 6.54 Å². The number of rotatable bonds is 2. The van der Waals surface area contributed by atoms with Crippen molar-refractivity contribution in [3.05, 3.63) is 23.8 Å². The zero-order chi connectivity index (χ0) is 10.1. The van der Waals surface area contributed by atoms with Crippen LogP contribution in [-0.2, 0) is 0 Å². The molecule has 0 fully saturated rings. The van der Waals surface area contributed by atoms with Gasteiger partial charge >= 0.3 is 0 Å². The lowest BCUT2D eigenvalue weighted by atomic mass is 9.79. The zero-order valence-electron chi connectivity index (χ0n) is 9.15. The first-order valence-corrected chi connectivity index (χ1v) is 4.90. The van der Waals surface area contributed by atoms with Crippen LogP contribution in [0, 0.1) is 5.41 Å². The zero-order valence-corrected chi connectivity index (χ0v) is 9.15. The molecule has 1 rings (SSSR count). The van der Waals surface area contributed by atoms with Crippen molar-refractivity contribution in [3.63, 3.8) is 0 Å². The van der Waals surface area contributed by atoms with Gasteiger partial charge in [-0.25, -0.2) is 0 Å². The molecule has 0 bridgehead atoms. The average molecular weight is 177 g/mol. The fraction of sp³-hybridized carbons (Fsp3) is 0.583. The predicted octanol–water partition coefficient (Wildman–Crippen LogP) is 3.38. The highest BCUT2D eigenvalue weighted by atomic mass is 14.8. The van der Waals surface area contributed by atoms with Crippen molar-refractivity contribution in [2.45, 2.75) is 34.1 Å². The second-order valence-corrected chi connectivity index (χ2v) is 4.09. The molecule has 0 amide bonds. The van der Waals surface area contributed by atoms with E-state index in [1.807, 2.05) is 6.08 Å². The van der Waals surface area contributed by atoms with Crippen LogP contribution < -0.4 is 0 Å². The van der Waals surface area contributed by atoms with Crippen molar-refractivity contribution in [2.75, 3.05) is 6.54 Å². The third-order valence-electron chi connectivity index (χ3n) is 3.15. The molecule has 0 unspecified atom stereocenters. The molecule has 0 N–H and O–H groups in total. The highest BCUT2D eigenvalue weighted by Crippen LogP contribution is 2.36. The van der Waals surface area contributed by atoms with Crippen molar-refractivity contribution in [3.8, 4) is 0 Å². The molecule has 0 aromatic rings. The molecule has 1 aliphatic heterocycles. The van der Waals surface area contributed by atoms with Crippen molar-refractivity contribution >= 4 is 5.71 Å². The van der Waals surface area contributed by atoms with E-state index in [1.54, 1.807) is 0 Å². The Morgan fingerprint density at radius 2 is 2.23 bits per heavy atom. The van der Waals surface area contributed by atoms with Crippen LogP contribution >= 0.6 is 0 Å². The molecule has 1 heteroatoms. The highest BCUT2D eigenvalue weighted by Gasteiger charge is 2.32. The van der Waals surface area contributed by atoms with Crippen LogP contribution in [0.4, 0.5) is 0 Å². The van der Waals surface area contributed by atoms with Crippen LogP contribution in [-0.4, -0.2) is 12.3 Å². The van der Waals surface area contributed by atoms with E-state index in [1.165, 1.54) is 16.9 Å². The second-order valence-electron chi connectivity index (χ2n) is 4.09. The fourth-order valence-corrected chi connectivity index (χ4v) is 1.80. The lowest BCUT2D eigenvalue weighted by Gasteiger charge is -2.23. The van der Waals surface area contributed by atoms with E-state index in [9.17, 15) is 0 Å². The lowest BCUT2D eigenvalue weighted by molar-refractivity contribution is 0.633. The maximum absolute atomic E-state index is 4.50. The van der Waals surface area contributed by atoms with Crippen molar-refractivity contribution in [1.29, 1.82) is 0 Å². The van der Waals surface area contributed by atoms with Gasteiger partial charge in [0.1, 0.15) is 0 Å². The third kappa shape index (κ3) is 1.60. The Hall–Kier alpha value is -0.850. The van der Waals surface area contributed by atoms with Gasteiger partial charge in [-0.1, -0.05) is 33.4 Å². The Balaban J connectivity index is 3.11. The van der Waals surface area contributed by atoms with Gasteiger partial charge in [-0.15, -0.1) is 0 Å². The third-order valence-corrected chi connectivity index (χ3v) is 3.15. The smallest absolute Gasteiger partial charge is 0.0613 e. The molecule has 0 aliphatic carbocycles. The molecule has 0 spiro atoms. The molecule has 1 aliphatic rings. The Bertz CT molecular complexity index is 279. The number of hydrogen-bond donors (Lipinski definition) is 0. The summed E-state index contributed by atoms with van der Waals surface area (Å²) in [6.07, 6.45) is 3.04. The van der Waals surface area contributed by atoms with Gasteiger partial charge in [-0.3, -0.25) is 4.99 Å². The first kappa shape index (κ1) is 10.2. The van der Waals surface area contributed by atoms with E-state index in [0.717, 1.165) is 13.0 Å². The number of allylic oxidation sites excluding steroid dienone is 2. The lowest BCUT2D eigenvalue weighted by Crippen LogP contribution is -2.20. The summed E-state index contributed by atoms with van der Waals surface area (Å²) in [4.78, 5) is 4.50. The molecular weight excluding hydrogens is 158 g/mol. The molecule has 0 saturated heterocycles. The number of hydrogen-bond acceptors (Lipinski definition) is 1.